The molecule has 32 heavy (non-hydrogen) atoms. The van der Waals surface area contributed by atoms with Crippen molar-refractivity contribution in [2.24, 2.45) is 0 Å². The largest absolute Gasteiger partial charge is 0.464 e. The monoisotopic (exact) mass is 457 g/mol. The van der Waals surface area contributed by atoms with Gasteiger partial charge in [0.2, 0.25) is 11.4 Å². The molecule has 0 rings (SSSR count). The first-order valence-electron chi connectivity index (χ1n) is 12.3. The molecule has 0 aromatic carbocycles. The Morgan fingerprint density at radius 2 is 1.22 bits per heavy atom. The molecule has 0 bridgehead atoms. The molecule has 0 heterocycles. The summed E-state index contributed by atoms with van der Waals surface area (Å²) in [6.45, 7) is 6.50. The van der Waals surface area contributed by atoms with E-state index in [0.717, 1.165) is 26.2 Å². The van der Waals surface area contributed by atoms with Crippen LogP contribution in [-0.2, 0) is 23.9 Å². The minimum atomic E-state index is -2.21. The maximum Gasteiger partial charge on any atom is 0.344 e. The topological polar surface area (TPSA) is 81.7 Å². The van der Waals surface area contributed by atoms with Gasteiger partial charge in [-0.3, -0.25) is 4.79 Å². The van der Waals surface area contributed by atoms with Crippen LogP contribution >= 0.6 is 0 Å². The number of ether oxygens (including phenoxy) is 2. The van der Waals surface area contributed by atoms with Crippen LogP contribution in [0.5, 0.6) is 0 Å². The Kier molecular flexibility index (Phi) is 17.5. The Hall–Kier alpha value is -1.92. The lowest BCUT2D eigenvalue weighted by Gasteiger charge is -2.29. The van der Waals surface area contributed by atoms with Gasteiger partial charge in [0.15, 0.2) is 0 Å². The van der Waals surface area contributed by atoms with E-state index < -0.39 is 35.6 Å². The summed E-state index contributed by atoms with van der Waals surface area (Å²) in [7, 11) is 0. The summed E-state index contributed by atoms with van der Waals surface area (Å²) in [5, 5.41) is 2.27. The highest BCUT2D eigenvalue weighted by Gasteiger charge is 2.50. The Morgan fingerprint density at radius 3 is 1.62 bits per heavy atom. The van der Waals surface area contributed by atoms with Gasteiger partial charge >= 0.3 is 11.9 Å². The molecule has 0 saturated heterocycles. The third-order valence-corrected chi connectivity index (χ3v) is 5.24. The summed E-state index contributed by atoms with van der Waals surface area (Å²) >= 11 is 0. The van der Waals surface area contributed by atoms with Crippen LogP contribution < -0.4 is 5.32 Å². The normalized spacial score (nSPS) is 11.8. The van der Waals surface area contributed by atoms with Gasteiger partial charge in [-0.25, -0.2) is 14.0 Å². The van der Waals surface area contributed by atoms with Gasteiger partial charge in [-0.15, -0.1) is 0 Å². The number of nitrogens with one attached hydrogen (secondary N) is 1. The van der Waals surface area contributed by atoms with E-state index in [-0.39, 0.29) is 13.2 Å². The number of halogens is 1. The lowest BCUT2D eigenvalue weighted by atomic mass is 9.93. The number of allylic oxidation sites excluding steroid dienone is 1. The van der Waals surface area contributed by atoms with Crippen LogP contribution in [0.25, 0.3) is 0 Å². The van der Waals surface area contributed by atoms with Crippen LogP contribution in [-0.4, -0.2) is 36.6 Å². The smallest absolute Gasteiger partial charge is 0.344 e. The van der Waals surface area contributed by atoms with Gasteiger partial charge < -0.3 is 14.8 Å². The Labute approximate surface area is 193 Å². The van der Waals surface area contributed by atoms with Crippen molar-refractivity contribution in [2.75, 3.05) is 13.2 Å². The molecular weight excluding hydrogens is 413 g/mol. The van der Waals surface area contributed by atoms with Crippen molar-refractivity contribution in [3.05, 3.63) is 11.9 Å². The number of carbonyl (C=O) groups is 3. The van der Waals surface area contributed by atoms with Gasteiger partial charge in [-0.2, -0.15) is 0 Å². The first kappa shape index (κ1) is 30.1. The molecule has 0 aliphatic carbocycles. The molecule has 6 nitrogen and oxygen atoms in total. The van der Waals surface area contributed by atoms with Gasteiger partial charge in [0.1, 0.15) is 0 Å². The minimum absolute atomic E-state index is 0.0103. The van der Waals surface area contributed by atoms with Crippen LogP contribution in [0.4, 0.5) is 4.39 Å². The lowest BCUT2D eigenvalue weighted by molar-refractivity contribution is -0.168. The molecule has 0 aliphatic heterocycles. The Balaban J connectivity index is 4.58. The quantitative estimate of drug-likeness (QED) is 0.148. The van der Waals surface area contributed by atoms with Crippen LogP contribution in [0.3, 0.4) is 0 Å². The summed E-state index contributed by atoms with van der Waals surface area (Å²) in [5.74, 6) is -3.34. The number of hydrogen-bond donors (Lipinski definition) is 1. The van der Waals surface area contributed by atoms with E-state index in [9.17, 15) is 18.8 Å². The molecule has 0 atom stereocenters. The highest BCUT2D eigenvalue weighted by molar-refractivity contribution is 6.08. The minimum Gasteiger partial charge on any atom is -0.464 e. The number of carbonyl (C=O) groups excluding carboxylic acids is 3. The van der Waals surface area contributed by atoms with E-state index in [1.54, 1.807) is 13.8 Å². The number of rotatable bonds is 19. The van der Waals surface area contributed by atoms with E-state index in [4.69, 9.17) is 9.47 Å². The number of unbranched alkanes of at least 4 members (excludes halogenated alkanes) is 11. The molecule has 1 amide bonds. The number of amides is 1. The number of esters is 2. The van der Waals surface area contributed by atoms with Crippen LogP contribution in [0.1, 0.15) is 111 Å². The van der Waals surface area contributed by atoms with Crippen molar-refractivity contribution in [1.29, 1.82) is 0 Å². The molecule has 0 aromatic heterocycles. The second-order valence-electron chi connectivity index (χ2n) is 8.18. The van der Waals surface area contributed by atoms with Crippen molar-refractivity contribution in [1.82, 2.24) is 5.32 Å². The molecule has 0 spiro atoms. The summed E-state index contributed by atoms with van der Waals surface area (Å²) in [4.78, 5) is 36.7. The van der Waals surface area contributed by atoms with E-state index >= 15 is 0 Å². The summed E-state index contributed by atoms with van der Waals surface area (Å²) in [6, 6.07) is 0. The summed E-state index contributed by atoms with van der Waals surface area (Å²) in [5.41, 5.74) is -2.21. The zero-order valence-electron chi connectivity index (χ0n) is 20.6. The molecule has 186 valence electrons. The maximum atomic E-state index is 14.6. The fraction of sp³-hybridized carbons (Fsp3) is 0.800. The van der Waals surface area contributed by atoms with Gasteiger partial charge in [0.05, 0.1) is 19.0 Å². The molecule has 0 radical (unpaired) electrons. The van der Waals surface area contributed by atoms with Crippen molar-refractivity contribution < 1.29 is 28.2 Å². The predicted molar refractivity (Wildman–Crippen MR) is 125 cm³/mol. The second kappa shape index (κ2) is 18.6. The Bertz CT molecular complexity index is 559. The fourth-order valence-electron chi connectivity index (χ4n) is 3.58. The maximum absolute atomic E-state index is 14.6. The molecule has 0 saturated carbocycles. The molecule has 7 heteroatoms. The third-order valence-electron chi connectivity index (χ3n) is 5.24. The van der Waals surface area contributed by atoms with Gasteiger partial charge in [-0.1, -0.05) is 77.2 Å². The summed E-state index contributed by atoms with van der Waals surface area (Å²) < 4.78 is 24.5. The third kappa shape index (κ3) is 12.8. The fourth-order valence-corrected chi connectivity index (χ4v) is 3.58. The Morgan fingerprint density at radius 1 is 0.781 bits per heavy atom. The average molecular weight is 458 g/mol. The first-order valence-corrected chi connectivity index (χ1v) is 12.3. The highest BCUT2D eigenvalue weighted by Crippen LogP contribution is 2.23. The van der Waals surface area contributed by atoms with E-state index in [2.05, 4.69) is 12.2 Å². The van der Waals surface area contributed by atoms with Crippen LogP contribution in [0.15, 0.2) is 11.9 Å². The highest BCUT2D eigenvalue weighted by atomic mass is 19.1. The van der Waals surface area contributed by atoms with E-state index in [1.807, 2.05) is 0 Å². The average Bonchev–Trinajstić information content (AvgIpc) is 2.74. The molecule has 0 fully saturated rings. The molecule has 1 N–H and O–H groups in total. The van der Waals surface area contributed by atoms with Crippen molar-refractivity contribution >= 4 is 17.8 Å². The van der Waals surface area contributed by atoms with Gasteiger partial charge in [-0.05, 0) is 26.7 Å². The lowest BCUT2D eigenvalue weighted by Crippen LogP contribution is -2.61. The molecular formula is C25H44FNO5. The van der Waals surface area contributed by atoms with E-state index in [0.29, 0.717) is 6.42 Å². The SMILES string of the molecule is CCCCCCCCCCCCCC=C(F)CC(NC(C)=O)(C(=O)OCC)C(=O)OCC. The number of hydrogen-bond acceptors (Lipinski definition) is 5. The standard InChI is InChI=1S/C25H44FNO5/c1-5-8-9-10-11-12-13-14-15-16-17-18-19-22(26)20-25(27-21(4)28,23(29)31-6-2)24(30)32-7-3/h19H,5-18,20H2,1-4H3,(H,27,28). The summed E-state index contributed by atoms with van der Waals surface area (Å²) in [6.07, 6.45) is 14.5. The van der Waals surface area contributed by atoms with E-state index in [1.165, 1.54) is 57.4 Å². The molecule has 0 aliphatic rings. The van der Waals surface area contributed by atoms with Crippen molar-refractivity contribution in [3.63, 3.8) is 0 Å². The zero-order valence-corrected chi connectivity index (χ0v) is 20.6. The van der Waals surface area contributed by atoms with Crippen LogP contribution in [0, 0.1) is 0 Å². The molecule has 0 aromatic rings. The second-order valence-corrected chi connectivity index (χ2v) is 8.18. The van der Waals surface area contributed by atoms with Gasteiger partial charge in [0.25, 0.3) is 0 Å². The van der Waals surface area contributed by atoms with Crippen LogP contribution in [0.2, 0.25) is 0 Å². The molecule has 0 unspecified atom stereocenters. The van der Waals surface area contributed by atoms with Crippen molar-refractivity contribution in [3.8, 4) is 0 Å². The predicted octanol–water partition coefficient (Wildman–Crippen LogP) is 5.93. The zero-order chi connectivity index (χ0) is 24.2. The first-order chi connectivity index (χ1) is 15.3. The van der Waals surface area contributed by atoms with Crippen molar-refractivity contribution in [2.45, 2.75) is 117 Å². The van der Waals surface area contributed by atoms with Gasteiger partial charge in [0, 0.05) is 13.3 Å².